The Labute approximate surface area is 499 Å². The Morgan fingerprint density at radius 3 is 1.24 bits per heavy atom. The van der Waals surface area contributed by atoms with Gasteiger partial charge in [0.05, 0.1) is 0 Å². The molecule has 0 aromatic heterocycles. The topological polar surface area (TPSA) is 428 Å². The number of guanidine groups is 2. The van der Waals surface area contributed by atoms with Gasteiger partial charge in [-0.3, -0.25) is 57.9 Å². The molecule has 0 unspecified atom stereocenters. The molecule has 1 aromatic rings. The van der Waals surface area contributed by atoms with Crippen molar-refractivity contribution in [3.63, 3.8) is 0 Å². The maximum absolute atomic E-state index is 14.9. The van der Waals surface area contributed by atoms with Crippen molar-refractivity contribution in [2.24, 2.45) is 62.3 Å². The minimum absolute atomic E-state index is 0.00139. The van der Waals surface area contributed by atoms with E-state index in [0.717, 1.165) is 0 Å². The van der Waals surface area contributed by atoms with Crippen molar-refractivity contribution >= 4 is 71.0 Å². The molecule has 27 nitrogen and oxygen atoms in total. The number of aliphatic imine (C=N–C) groups is 2. The summed E-state index contributed by atoms with van der Waals surface area (Å²) in [5, 5.41) is 22.6. The molecule has 3 fully saturated rings. The molecule has 85 heavy (non-hydrogen) atoms. The van der Waals surface area contributed by atoms with E-state index in [1.807, 2.05) is 27.7 Å². The first-order valence-electron chi connectivity index (χ1n) is 30.1. The standard InChI is InChI=1S/C58H97N17O10/c1-32(2)29-40-49(78)68-39(21-14-26-65-58(62)63)55(84)74-27-15-22-43(74)51(80)72-46(35(7)8)54(83)67-38(20-13-25-64-57(60)61)48(77)70-41(30-33(3)4)50(79)71-42(31-36-17-10-9-11-18-36)56(85)75-28-16-23-44(75)52(81)73-45(34(5)6)53(82)66-37(19-12-24-59)47(76)69-40/h9-11,17-18,32-35,37-46H,12-16,19-31,59H2,1-8H3,(H,66,82)(H,67,83)(H,68,78)(H,69,76)(H,70,77)(H,71,79)(H,72,80)(H,73,81)(H4,60,61,64)(H4,62,63,65)/t37-,38-,39+,40-,41-,42+,43-,44-,45-,46-/m0/s1. The van der Waals surface area contributed by atoms with E-state index in [-0.39, 0.29) is 127 Å². The Bertz CT molecular complexity index is 2500. The average molecular weight is 1190 g/mol. The van der Waals surface area contributed by atoms with Crippen LogP contribution in [-0.2, 0) is 54.4 Å². The van der Waals surface area contributed by atoms with Crippen molar-refractivity contribution < 1.29 is 47.9 Å². The minimum Gasteiger partial charge on any atom is -0.370 e. The summed E-state index contributed by atoms with van der Waals surface area (Å²) in [6, 6.07) is -3.23. The number of carbonyl (C=O) groups excluding carboxylic acids is 10. The summed E-state index contributed by atoms with van der Waals surface area (Å²) in [5.74, 6) is -8.68. The molecule has 18 N–H and O–H groups in total. The average Bonchev–Trinajstić information content (AvgIpc) is 3.35. The Morgan fingerprint density at radius 1 is 0.471 bits per heavy atom. The summed E-state index contributed by atoms with van der Waals surface area (Å²) in [6.07, 6.45) is 2.16. The Balaban J connectivity index is 1.86. The Kier molecular flexibility index (Phi) is 28.3. The number of fused-ring (bicyclic) bond motifs is 2. The van der Waals surface area contributed by atoms with Gasteiger partial charge in [-0.15, -0.1) is 0 Å². The van der Waals surface area contributed by atoms with Crippen LogP contribution in [0, 0.1) is 23.7 Å². The summed E-state index contributed by atoms with van der Waals surface area (Å²) in [4.78, 5) is 157. The van der Waals surface area contributed by atoms with E-state index in [2.05, 4.69) is 52.5 Å². The zero-order chi connectivity index (χ0) is 63.1. The third-order valence-electron chi connectivity index (χ3n) is 15.2. The third-order valence-corrected chi connectivity index (χ3v) is 15.2. The molecule has 0 radical (unpaired) electrons. The maximum atomic E-state index is 14.9. The fraction of sp³-hybridized carbons (Fsp3) is 0.690. The number of nitrogens with one attached hydrogen (secondary N) is 8. The van der Waals surface area contributed by atoms with Crippen LogP contribution in [0.2, 0.25) is 0 Å². The van der Waals surface area contributed by atoms with Crippen molar-refractivity contribution in [3.8, 4) is 0 Å². The van der Waals surface area contributed by atoms with Crippen LogP contribution in [0.25, 0.3) is 0 Å². The lowest BCUT2D eigenvalue weighted by Gasteiger charge is -2.33. The molecule has 0 saturated carbocycles. The van der Waals surface area contributed by atoms with Gasteiger partial charge in [0.15, 0.2) is 11.9 Å². The fourth-order valence-corrected chi connectivity index (χ4v) is 10.8. The van der Waals surface area contributed by atoms with Crippen LogP contribution in [0.4, 0.5) is 0 Å². The lowest BCUT2D eigenvalue weighted by molar-refractivity contribution is -0.143. The van der Waals surface area contributed by atoms with Crippen LogP contribution in [0.5, 0.6) is 0 Å². The number of nitrogens with two attached hydrogens (primary N) is 5. The molecule has 0 spiro atoms. The van der Waals surface area contributed by atoms with Crippen molar-refractivity contribution in [2.45, 2.75) is 199 Å². The van der Waals surface area contributed by atoms with Gasteiger partial charge in [-0.2, -0.15) is 0 Å². The lowest BCUT2D eigenvalue weighted by Crippen LogP contribution is -2.62. The fourth-order valence-electron chi connectivity index (χ4n) is 10.8. The Morgan fingerprint density at radius 2 is 0.835 bits per heavy atom. The van der Waals surface area contributed by atoms with Gasteiger partial charge in [0.1, 0.15) is 60.4 Å². The molecule has 3 aliphatic rings. The minimum atomic E-state index is -1.31. The van der Waals surface area contributed by atoms with Gasteiger partial charge in [0.25, 0.3) is 0 Å². The monoisotopic (exact) mass is 1190 g/mol. The summed E-state index contributed by atoms with van der Waals surface area (Å²) >= 11 is 0. The molecule has 0 aliphatic carbocycles. The van der Waals surface area contributed by atoms with Crippen LogP contribution in [-0.4, -0.2) is 174 Å². The van der Waals surface area contributed by atoms with E-state index in [1.54, 1.807) is 58.0 Å². The van der Waals surface area contributed by atoms with Gasteiger partial charge in [0.2, 0.25) is 59.1 Å². The first-order chi connectivity index (χ1) is 40.2. The van der Waals surface area contributed by atoms with Crippen LogP contribution in [0.1, 0.15) is 138 Å². The first kappa shape index (κ1) is 69.9. The third kappa shape index (κ3) is 22.1. The molecule has 4 rings (SSSR count). The number of rotatable bonds is 19. The van der Waals surface area contributed by atoms with Gasteiger partial charge in [-0.25, -0.2) is 0 Å². The predicted octanol–water partition coefficient (Wildman–Crippen LogP) is -1.65. The van der Waals surface area contributed by atoms with Crippen molar-refractivity contribution in [3.05, 3.63) is 35.9 Å². The molecule has 1 aromatic carbocycles. The number of hydrogen-bond donors (Lipinski definition) is 13. The van der Waals surface area contributed by atoms with E-state index < -0.39 is 131 Å². The van der Waals surface area contributed by atoms with Gasteiger partial charge in [-0.05, 0) is 113 Å². The van der Waals surface area contributed by atoms with E-state index in [9.17, 15) is 47.9 Å². The van der Waals surface area contributed by atoms with Crippen LogP contribution < -0.4 is 71.2 Å². The van der Waals surface area contributed by atoms with Gasteiger partial charge in [0, 0.05) is 32.6 Å². The molecule has 10 amide bonds. The summed E-state index contributed by atoms with van der Waals surface area (Å²) in [6.45, 7) is 14.8. The second kappa shape index (κ2) is 34.4. The zero-order valence-electron chi connectivity index (χ0n) is 51.0. The normalized spacial score (nSPS) is 25.9. The molecule has 474 valence electrons. The molecular formula is C58H97N17O10. The van der Waals surface area contributed by atoms with E-state index in [4.69, 9.17) is 28.7 Å². The molecule has 3 heterocycles. The van der Waals surface area contributed by atoms with Gasteiger partial charge >= 0.3 is 0 Å². The Hall–Kier alpha value is -7.58. The number of carbonyl (C=O) groups is 10. The van der Waals surface area contributed by atoms with E-state index >= 15 is 0 Å². The van der Waals surface area contributed by atoms with Crippen molar-refractivity contribution in [1.82, 2.24) is 52.3 Å². The molecule has 27 heteroatoms. The quantitative estimate of drug-likeness (QED) is 0.0420. The summed E-state index contributed by atoms with van der Waals surface area (Å²) in [5.41, 5.74) is 29.0. The molecule has 0 bridgehead atoms. The highest BCUT2D eigenvalue weighted by Gasteiger charge is 2.43. The largest absolute Gasteiger partial charge is 0.370 e. The molecule has 3 saturated heterocycles. The number of amides is 10. The predicted molar refractivity (Wildman–Crippen MR) is 322 cm³/mol. The van der Waals surface area contributed by atoms with Crippen LogP contribution in [0.15, 0.2) is 40.3 Å². The van der Waals surface area contributed by atoms with E-state index in [0.29, 0.717) is 18.4 Å². The smallest absolute Gasteiger partial charge is 0.246 e. The van der Waals surface area contributed by atoms with Crippen LogP contribution >= 0.6 is 0 Å². The maximum Gasteiger partial charge on any atom is 0.246 e. The second-order valence-corrected chi connectivity index (χ2v) is 24.0. The highest BCUT2D eigenvalue weighted by molar-refractivity contribution is 6.00. The lowest BCUT2D eigenvalue weighted by atomic mass is 9.99. The first-order valence-corrected chi connectivity index (χ1v) is 30.1. The highest BCUT2D eigenvalue weighted by atomic mass is 16.2. The van der Waals surface area contributed by atoms with Crippen molar-refractivity contribution in [2.75, 3.05) is 32.7 Å². The number of nitrogens with zero attached hydrogens (tertiary/aromatic N) is 4. The number of hydrogen-bond acceptors (Lipinski definition) is 13. The summed E-state index contributed by atoms with van der Waals surface area (Å²) in [7, 11) is 0. The zero-order valence-corrected chi connectivity index (χ0v) is 51.0. The van der Waals surface area contributed by atoms with Crippen molar-refractivity contribution in [1.29, 1.82) is 0 Å². The molecule has 3 aliphatic heterocycles. The van der Waals surface area contributed by atoms with E-state index in [1.165, 1.54) is 9.80 Å². The van der Waals surface area contributed by atoms with Crippen LogP contribution in [0.3, 0.4) is 0 Å². The highest BCUT2D eigenvalue weighted by Crippen LogP contribution is 2.24. The summed E-state index contributed by atoms with van der Waals surface area (Å²) < 4.78 is 0. The molecule has 10 atom stereocenters. The molecular weight excluding hydrogens is 1090 g/mol. The number of benzene rings is 1. The second-order valence-electron chi connectivity index (χ2n) is 24.0. The van der Waals surface area contributed by atoms with Gasteiger partial charge in [-0.1, -0.05) is 85.7 Å². The van der Waals surface area contributed by atoms with Gasteiger partial charge < -0.3 is 81.0 Å². The SMILES string of the molecule is CC(C)C[C@@H]1NC(=O)[C@H](CCCN)NC(=O)[C@H](C(C)C)NC(=O)[C@@H]2CCCN2C(=O)[C@@H](Cc2ccccc2)NC(=O)[C@H](CC(C)C)NC(=O)[C@H](CCCN=C(N)N)NC(=O)[C@H](C(C)C)NC(=O)[C@@H]2CCCN2C(=O)[C@@H](CCCN=C(N)N)NC1=O.